The van der Waals surface area contributed by atoms with E-state index >= 15 is 0 Å². The molecule has 2 saturated heterocycles. The topological polar surface area (TPSA) is 23.6 Å². The molecule has 22 heavy (non-hydrogen) atoms. The van der Waals surface area contributed by atoms with Gasteiger partial charge in [0.2, 0.25) is 0 Å². The first-order valence-electron chi connectivity index (χ1n) is 9.01. The standard InChI is InChI=1S/C19H32N2O/c1-5-15-11-9-13-17(20(15)7-3)19(22)18-14-10-12-16(6-2)21(18)8-4/h7-8,15-18H,3-6,9-14H2,1-2H3. The summed E-state index contributed by atoms with van der Waals surface area (Å²) in [4.78, 5) is 17.7. The molecule has 2 aliphatic rings. The summed E-state index contributed by atoms with van der Waals surface area (Å²) in [6.07, 6.45) is 12.6. The molecule has 0 aromatic heterocycles. The quantitative estimate of drug-likeness (QED) is 0.738. The molecule has 0 bridgehead atoms. The average molecular weight is 304 g/mol. The Morgan fingerprint density at radius 2 is 1.32 bits per heavy atom. The van der Waals surface area contributed by atoms with E-state index < -0.39 is 0 Å². The molecule has 2 aliphatic heterocycles. The monoisotopic (exact) mass is 304 g/mol. The maximum Gasteiger partial charge on any atom is 0.177 e. The van der Waals surface area contributed by atoms with Crippen LogP contribution in [0.15, 0.2) is 25.6 Å². The highest BCUT2D eigenvalue weighted by atomic mass is 16.1. The Balaban J connectivity index is 2.17. The molecule has 0 aromatic rings. The summed E-state index contributed by atoms with van der Waals surface area (Å²) in [5, 5.41) is 0. The predicted octanol–water partition coefficient (Wildman–Crippen LogP) is 4.11. The third-order valence-corrected chi connectivity index (χ3v) is 5.61. The van der Waals surface area contributed by atoms with Gasteiger partial charge in [-0.3, -0.25) is 4.79 Å². The van der Waals surface area contributed by atoms with Crippen molar-refractivity contribution in [3.05, 3.63) is 25.6 Å². The first-order chi connectivity index (χ1) is 10.7. The van der Waals surface area contributed by atoms with Crippen molar-refractivity contribution in [2.24, 2.45) is 0 Å². The summed E-state index contributed by atoms with van der Waals surface area (Å²) >= 11 is 0. The number of piperidine rings is 2. The normalized spacial score (nSPS) is 32.6. The fourth-order valence-electron chi connectivity index (χ4n) is 4.38. The van der Waals surface area contributed by atoms with Crippen molar-refractivity contribution in [2.45, 2.75) is 89.4 Å². The van der Waals surface area contributed by atoms with Crippen LogP contribution in [0.1, 0.15) is 65.2 Å². The summed E-state index contributed by atoms with van der Waals surface area (Å²) in [6, 6.07) is 0.976. The highest BCUT2D eigenvalue weighted by molar-refractivity contribution is 5.89. The lowest BCUT2D eigenvalue weighted by atomic mass is 9.85. The van der Waals surface area contributed by atoms with Crippen LogP contribution in [-0.4, -0.2) is 39.8 Å². The van der Waals surface area contributed by atoms with Crippen LogP contribution in [0.2, 0.25) is 0 Å². The third-order valence-electron chi connectivity index (χ3n) is 5.61. The molecule has 0 aliphatic carbocycles. The van der Waals surface area contributed by atoms with Gasteiger partial charge in [0.15, 0.2) is 5.78 Å². The van der Waals surface area contributed by atoms with Crippen molar-refractivity contribution < 1.29 is 4.79 Å². The Bertz CT molecular complexity index is 370. The lowest BCUT2D eigenvalue weighted by Crippen LogP contribution is -2.55. The second-order valence-electron chi connectivity index (χ2n) is 6.68. The van der Waals surface area contributed by atoms with E-state index in [-0.39, 0.29) is 12.1 Å². The number of Topliss-reactive ketones (excluding diaryl/α,β-unsaturated/α-hetero) is 1. The minimum Gasteiger partial charge on any atom is -0.365 e. The van der Waals surface area contributed by atoms with Crippen molar-refractivity contribution in [1.82, 2.24) is 9.80 Å². The van der Waals surface area contributed by atoms with E-state index in [1.165, 1.54) is 12.8 Å². The largest absolute Gasteiger partial charge is 0.365 e. The van der Waals surface area contributed by atoms with E-state index in [0.29, 0.717) is 17.9 Å². The Morgan fingerprint density at radius 1 is 0.909 bits per heavy atom. The van der Waals surface area contributed by atoms with Crippen molar-refractivity contribution in [3.8, 4) is 0 Å². The molecule has 0 saturated carbocycles. The zero-order valence-corrected chi connectivity index (χ0v) is 14.3. The fourth-order valence-corrected chi connectivity index (χ4v) is 4.38. The van der Waals surface area contributed by atoms with Crippen LogP contribution in [-0.2, 0) is 4.79 Å². The minimum atomic E-state index is 0.0132. The number of ketones is 1. The van der Waals surface area contributed by atoms with Gasteiger partial charge >= 0.3 is 0 Å². The zero-order valence-electron chi connectivity index (χ0n) is 14.3. The van der Waals surface area contributed by atoms with Gasteiger partial charge in [-0.15, -0.1) is 0 Å². The van der Waals surface area contributed by atoms with Gasteiger partial charge in [0.25, 0.3) is 0 Å². The number of hydrogen-bond acceptors (Lipinski definition) is 3. The number of rotatable bonds is 6. The molecule has 124 valence electrons. The van der Waals surface area contributed by atoms with Crippen LogP contribution in [0.25, 0.3) is 0 Å². The number of carbonyl (C=O) groups is 1. The van der Waals surface area contributed by atoms with Crippen molar-refractivity contribution in [1.29, 1.82) is 0 Å². The van der Waals surface area contributed by atoms with Crippen LogP contribution in [0.4, 0.5) is 0 Å². The molecule has 0 aromatic carbocycles. The summed E-state index contributed by atoms with van der Waals surface area (Å²) in [5.41, 5.74) is 0. The Hall–Kier alpha value is -1.25. The van der Waals surface area contributed by atoms with Gasteiger partial charge in [-0.2, -0.15) is 0 Å². The van der Waals surface area contributed by atoms with Gasteiger partial charge in [-0.05, 0) is 63.8 Å². The molecule has 2 fully saturated rings. The molecule has 4 unspecified atom stereocenters. The van der Waals surface area contributed by atoms with Crippen molar-refractivity contribution in [3.63, 3.8) is 0 Å². The number of hydrogen-bond donors (Lipinski definition) is 0. The van der Waals surface area contributed by atoms with Crippen LogP contribution in [0, 0.1) is 0 Å². The van der Waals surface area contributed by atoms with Gasteiger partial charge in [0.05, 0.1) is 12.1 Å². The Labute approximate surface area is 136 Å². The Morgan fingerprint density at radius 3 is 1.64 bits per heavy atom. The van der Waals surface area contributed by atoms with Crippen LogP contribution >= 0.6 is 0 Å². The molecule has 2 rings (SSSR count). The SMILES string of the molecule is C=CN1C(CC)CCCC1C(=O)C1CCCC(CC)N1C=C. The first-order valence-corrected chi connectivity index (χ1v) is 9.01. The highest BCUT2D eigenvalue weighted by Gasteiger charge is 2.39. The summed E-state index contributed by atoms with van der Waals surface area (Å²) in [6.45, 7) is 12.4. The van der Waals surface area contributed by atoms with Gasteiger partial charge in [0.1, 0.15) is 0 Å². The lowest BCUT2D eigenvalue weighted by molar-refractivity contribution is -0.132. The maximum atomic E-state index is 13.2. The molecule has 0 radical (unpaired) electrons. The molecule has 3 heteroatoms. The van der Waals surface area contributed by atoms with Gasteiger partial charge in [-0.1, -0.05) is 27.0 Å². The second kappa shape index (κ2) is 7.85. The van der Waals surface area contributed by atoms with E-state index in [9.17, 15) is 4.79 Å². The molecule has 0 amide bonds. The first kappa shape index (κ1) is 17.1. The van der Waals surface area contributed by atoms with Crippen LogP contribution < -0.4 is 0 Å². The summed E-state index contributed by atoms with van der Waals surface area (Å²) in [5.74, 6) is 0.385. The number of likely N-dealkylation sites (tertiary alicyclic amines) is 2. The second-order valence-corrected chi connectivity index (χ2v) is 6.68. The molecule has 0 spiro atoms. The summed E-state index contributed by atoms with van der Waals surface area (Å²) < 4.78 is 0. The molecule has 4 atom stereocenters. The minimum absolute atomic E-state index is 0.0132. The van der Waals surface area contributed by atoms with E-state index in [1.807, 2.05) is 12.4 Å². The number of nitrogens with zero attached hydrogens (tertiary/aromatic N) is 2. The van der Waals surface area contributed by atoms with E-state index in [0.717, 1.165) is 38.5 Å². The van der Waals surface area contributed by atoms with Crippen LogP contribution in [0.5, 0.6) is 0 Å². The van der Waals surface area contributed by atoms with Gasteiger partial charge in [-0.25, -0.2) is 0 Å². The van der Waals surface area contributed by atoms with Crippen molar-refractivity contribution >= 4 is 5.78 Å². The Kier molecular flexibility index (Phi) is 6.10. The average Bonchev–Trinajstić information content (AvgIpc) is 2.59. The zero-order chi connectivity index (χ0) is 16.1. The maximum absolute atomic E-state index is 13.2. The predicted molar refractivity (Wildman–Crippen MR) is 92.5 cm³/mol. The third kappa shape index (κ3) is 3.23. The fraction of sp³-hybridized carbons (Fsp3) is 0.737. The van der Waals surface area contributed by atoms with Crippen molar-refractivity contribution in [2.75, 3.05) is 0 Å². The van der Waals surface area contributed by atoms with E-state index in [1.54, 1.807) is 0 Å². The molecule has 3 nitrogen and oxygen atoms in total. The molecule has 2 heterocycles. The number of carbonyl (C=O) groups excluding carboxylic acids is 1. The molecule has 0 N–H and O–H groups in total. The van der Waals surface area contributed by atoms with E-state index in [2.05, 4.69) is 36.8 Å². The summed E-state index contributed by atoms with van der Waals surface area (Å²) in [7, 11) is 0. The van der Waals surface area contributed by atoms with Gasteiger partial charge < -0.3 is 9.80 Å². The van der Waals surface area contributed by atoms with E-state index in [4.69, 9.17) is 0 Å². The smallest absolute Gasteiger partial charge is 0.177 e. The van der Waals surface area contributed by atoms with Crippen LogP contribution in [0.3, 0.4) is 0 Å². The lowest BCUT2D eigenvalue weighted by Gasteiger charge is -2.46. The van der Waals surface area contributed by atoms with Gasteiger partial charge in [0, 0.05) is 12.1 Å². The highest BCUT2D eigenvalue weighted by Crippen LogP contribution is 2.31. The molecular weight excluding hydrogens is 272 g/mol. The molecular formula is C19H32N2O.